The Hall–Kier alpha value is -0.0800. The van der Waals surface area contributed by atoms with Crippen LogP contribution in [-0.2, 0) is 0 Å². The molecule has 0 amide bonds. The predicted molar refractivity (Wildman–Crippen MR) is 46.6 cm³/mol. The zero-order valence-electron chi connectivity index (χ0n) is 7.34. The van der Waals surface area contributed by atoms with Crippen molar-refractivity contribution in [2.45, 2.75) is 51.1 Å². The first-order chi connectivity index (χ1) is 5.33. The summed E-state index contributed by atoms with van der Waals surface area (Å²) in [6.45, 7) is 2.45. The molecule has 1 unspecified atom stereocenters. The molecule has 0 aromatic heterocycles. The number of rotatable bonds is 4. The topological polar surface area (TPSA) is 32.3 Å². The van der Waals surface area contributed by atoms with E-state index in [0.29, 0.717) is 12.6 Å². The Bertz CT molecular complexity index is 99.7. The highest BCUT2D eigenvalue weighted by molar-refractivity contribution is 4.76. The Morgan fingerprint density at radius 2 is 2.09 bits per heavy atom. The zero-order chi connectivity index (χ0) is 8.10. The first-order valence-corrected chi connectivity index (χ1v) is 4.70. The molecule has 0 aromatic rings. The van der Waals surface area contributed by atoms with E-state index in [4.69, 9.17) is 5.11 Å². The van der Waals surface area contributed by atoms with Crippen molar-refractivity contribution in [2.75, 3.05) is 6.61 Å². The molecule has 0 bridgehead atoms. The van der Waals surface area contributed by atoms with Gasteiger partial charge in [0.1, 0.15) is 0 Å². The minimum Gasteiger partial charge on any atom is -0.396 e. The smallest absolute Gasteiger partial charge is 0.0445 e. The summed E-state index contributed by atoms with van der Waals surface area (Å²) in [6, 6.07) is 1.22. The van der Waals surface area contributed by atoms with Crippen LogP contribution in [0.2, 0.25) is 0 Å². The minimum atomic E-state index is 0.306. The van der Waals surface area contributed by atoms with Crippen molar-refractivity contribution in [1.82, 2.24) is 5.32 Å². The first kappa shape index (κ1) is 9.01. The summed E-state index contributed by atoms with van der Waals surface area (Å²) in [7, 11) is 0. The standard InChI is InChI=1S/C9H19NO/c1-8(6-7-11)10-9-4-2-3-5-9/h8-11H,2-7H2,1H3. The molecule has 0 radical (unpaired) electrons. The lowest BCUT2D eigenvalue weighted by Crippen LogP contribution is -2.35. The zero-order valence-corrected chi connectivity index (χ0v) is 7.34. The van der Waals surface area contributed by atoms with Crippen molar-refractivity contribution in [3.05, 3.63) is 0 Å². The predicted octanol–water partition coefficient (Wildman–Crippen LogP) is 1.29. The van der Waals surface area contributed by atoms with E-state index in [0.717, 1.165) is 12.5 Å². The van der Waals surface area contributed by atoms with Crippen LogP contribution in [0.25, 0.3) is 0 Å². The molecule has 2 N–H and O–H groups in total. The van der Waals surface area contributed by atoms with Gasteiger partial charge in [0.05, 0.1) is 0 Å². The SMILES string of the molecule is CC(CCO)NC1CCCC1. The highest BCUT2D eigenvalue weighted by Gasteiger charge is 2.15. The Morgan fingerprint density at radius 1 is 1.45 bits per heavy atom. The van der Waals surface area contributed by atoms with Crippen LogP contribution < -0.4 is 5.32 Å². The van der Waals surface area contributed by atoms with Gasteiger partial charge in [0, 0.05) is 18.7 Å². The summed E-state index contributed by atoms with van der Waals surface area (Å²) in [5.41, 5.74) is 0. The van der Waals surface area contributed by atoms with E-state index >= 15 is 0 Å². The Morgan fingerprint density at radius 3 is 2.64 bits per heavy atom. The maximum absolute atomic E-state index is 8.67. The fourth-order valence-corrected chi connectivity index (χ4v) is 1.77. The number of aliphatic hydroxyl groups is 1. The number of hydrogen-bond acceptors (Lipinski definition) is 2. The van der Waals surface area contributed by atoms with Gasteiger partial charge in [-0.05, 0) is 26.2 Å². The molecular formula is C9H19NO. The molecule has 1 atom stereocenters. The van der Waals surface area contributed by atoms with Crippen LogP contribution in [0.3, 0.4) is 0 Å². The lowest BCUT2D eigenvalue weighted by atomic mass is 10.2. The maximum atomic E-state index is 8.67. The molecule has 2 nitrogen and oxygen atoms in total. The van der Waals surface area contributed by atoms with Crippen LogP contribution in [0.5, 0.6) is 0 Å². The molecule has 66 valence electrons. The highest BCUT2D eigenvalue weighted by atomic mass is 16.3. The van der Waals surface area contributed by atoms with Crippen molar-refractivity contribution in [1.29, 1.82) is 0 Å². The second-order valence-electron chi connectivity index (χ2n) is 3.56. The Balaban J connectivity index is 2.08. The third-order valence-corrected chi connectivity index (χ3v) is 2.44. The number of aliphatic hydroxyl groups excluding tert-OH is 1. The fourth-order valence-electron chi connectivity index (χ4n) is 1.77. The van der Waals surface area contributed by atoms with Gasteiger partial charge in [-0.15, -0.1) is 0 Å². The molecule has 0 saturated heterocycles. The van der Waals surface area contributed by atoms with Gasteiger partial charge in [-0.2, -0.15) is 0 Å². The molecule has 1 fully saturated rings. The molecule has 0 spiro atoms. The lowest BCUT2D eigenvalue weighted by Gasteiger charge is -2.17. The third-order valence-electron chi connectivity index (χ3n) is 2.44. The molecule has 2 heteroatoms. The maximum Gasteiger partial charge on any atom is 0.0445 e. The molecule has 1 aliphatic carbocycles. The fraction of sp³-hybridized carbons (Fsp3) is 1.00. The summed E-state index contributed by atoms with van der Waals surface area (Å²) in [4.78, 5) is 0. The van der Waals surface area contributed by atoms with Crippen molar-refractivity contribution in [2.24, 2.45) is 0 Å². The van der Waals surface area contributed by atoms with E-state index in [9.17, 15) is 0 Å². The summed E-state index contributed by atoms with van der Waals surface area (Å²) in [6.07, 6.45) is 6.30. The van der Waals surface area contributed by atoms with Crippen molar-refractivity contribution in [3.63, 3.8) is 0 Å². The Labute approximate surface area is 69.0 Å². The molecule has 0 aliphatic heterocycles. The summed E-state index contributed by atoms with van der Waals surface area (Å²) in [5.74, 6) is 0. The van der Waals surface area contributed by atoms with E-state index in [1.165, 1.54) is 25.7 Å². The quantitative estimate of drug-likeness (QED) is 0.644. The van der Waals surface area contributed by atoms with Crippen LogP contribution in [0.1, 0.15) is 39.0 Å². The monoisotopic (exact) mass is 157 g/mol. The van der Waals surface area contributed by atoms with E-state index in [-0.39, 0.29) is 0 Å². The summed E-state index contributed by atoms with van der Waals surface area (Å²) >= 11 is 0. The van der Waals surface area contributed by atoms with E-state index < -0.39 is 0 Å². The van der Waals surface area contributed by atoms with Crippen molar-refractivity contribution in [3.8, 4) is 0 Å². The van der Waals surface area contributed by atoms with Gasteiger partial charge in [0.15, 0.2) is 0 Å². The van der Waals surface area contributed by atoms with Gasteiger partial charge < -0.3 is 10.4 Å². The van der Waals surface area contributed by atoms with E-state index in [1.54, 1.807) is 0 Å². The first-order valence-electron chi connectivity index (χ1n) is 4.70. The lowest BCUT2D eigenvalue weighted by molar-refractivity contribution is 0.263. The largest absolute Gasteiger partial charge is 0.396 e. The van der Waals surface area contributed by atoms with Gasteiger partial charge in [-0.3, -0.25) is 0 Å². The van der Waals surface area contributed by atoms with Crippen molar-refractivity contribution >= 4 is 0 Å². The van der Waals surface area contributed by atoms with E-state index in [2.05, 4.69) is 12.2 Å². The molecular weight excluding hydrogens is 138 g/mol. The number of hydrogen-bond donors (Lipinski definition) is 2. The molecule has 1 saturated carbocycles. The van der Waals surface area contributed by atoms with Crippen LogP contribution >= 0.6 is 0 Å². The minimum absolute atomic E-state index is 0.306. The van der Waals surface area contributed by atoms with Gasteiger partial charge in [0.2, 0.25) is 0 Å². The summed E-state index contributed by atoms with van der Waals surface area (Å²) < 4.78 is 0. The van der Waals surface area contributed by atoms with Crippen LogP contribution in [-0.4, -0.2) is 23.8 Å². The molecule has 11 heavy (non-hydrogen) atoms. The van der Waals surface area contributed by atoms with Gasteiger partial charge in [0.25, 0.3) is 0 Å². The number of nitrogens with one attached hydrogen (secondary N) is 1. The van der Waals surface area contributed by atoms with E-state index in [1.807, 2.05) is 0 Å². The second kappa shape index (κ2) is 4.73. The van der Waals surface area contributed by atoms with Gasteiger partial charge in [-0.1, -0.05) is 12.8 Å². The summed E-state index contributed by atoms with van der Waals surface area (Å²) in [5, 5.41) is 12.2. The molecule has 0 aromatic carbocycles. The second-order valence-corrected chi connectivity index (χ2v) is 3.56. The van der Waals surface area contributed by atoms with Crippen LogP contribution in [0.4, 0.5) is 0 Å². The normalized spacial score (nSPS) is 22.4. The average molecular weight is 157 g/mol. The Kier molecular flexibility index (Phi) is 3.87. The molecule has 0 heterocycles. The van der Waals surface area contributed by atoms with Gasteiger partial charge in [-0.25, -0.2) is 0 Å². The van der Waals surface area contributed by atoms with Crippen molar-refractivity contribution < 1.29 is 5.11 Å². The molecule has 1 rings (SSSR count). The van der Waals surface area contributed by atoms with Crippen LogP contribution in [0, 0.1) is 0 Å². The van der Waals surface area contributed by atoms with Crippen LogP contribution in [0.15, 0.2) is 0 Å². The van der Waals surface area contributed by atoms with Gasteiger partial charge >= 0.3 is 0 Å². The average Bonchev–Trinajstić information content (AvgIpc) is 2.40. The molecule has 1 aliphatic rings. The highest BCUT2D eigenvalue weighted by Crippen LogP contribution is 2.18. The third kappa shape index (κ3) is 3.21.